The van der Waals surface area contributed by atoms with Crippen molar-refractivity contribution in [2.24, 2.45) is 0 Å². The minimum absolute atomic E-state index is 0.0679. The average Bonchev–Trinajstić information content (AvgIpc) is 1.49. The van der Waals surface area contributed by atoms with Crippen molar-refractivity contribution in [2.75, 3.05) is 0 Å². The second-order valence-corrected chi connectivity index (χ2v) is 26.1. The highest BCUT2D eigenvalue weighted by atomic mass is 16.1. The lowest BCUT2D eigenvalue weighted by atomic mass is 9.78. The summed E-state index contributed by atoms with van der Waals surface area (Å²) in [5, 5.41) is 9.44. The smallest absolute Gasteiger partial charge is 0.265 e. The van der Waals surface area contributed by atoms with Gasteiger partial charge in [-0.2, -0.15) is 0 Å². The van der Waals surface area contributed by atoms with Crippen LogP contribution < -0.4 is 5.56 Å². The van der Waals surface area contributed by atoms with E-state index in [0.29, 0.717) is 5.39 Å². The van der Waals surface area contributed by atoms with Crippen molar-refractivity contribution >= 4 is 98.1 Å². The quantitative estimate of drug-likeness (QED) is 0.166. The maximum Gasteiger partial charge on any atom is 0.265 e. The molecular weight excluding hydrogens is 1180 g/mol. The third-order valence-corrected chi connectivity index (χ3v) is 21.3. The number of rotatable bonds is 6. The largest absolute Gasteiger partial charge is 0.320 e. The van der Waals surface area contributed by atoms with Gasteiger partial charge in [0.2, 0.25) is 0 Å². The highest BCUT2D eigenvalue weighted by Gasteiger charge is 2.51. The first kappa shape index (κ1) is 52.5. The van der Waals surface area contributed by atoms with Gasteiger partial charge in [0.1, 0.15) is 5.54 Å². The summed E-state index contributed by atoms with van der Waals surface area (Å²) in [7, 11) is 0. The van der Waals surface area contributed by atoms with E-state index in [1.165, 1.54) is 22.3 Å². The van der Waals surface area contributed by atoms with Gasteiger partial charge in [-0.25, -0.2) is 4.98 Å². The van der Waals surface area contributed by atoms with E-state index in [2.05, 4.69) is 274 Å². The van der Waals surface area contributed by atoms with Gasteiger partial charge < -0.3 is 13.5 Å². The molecule has 0 fully saturated rings. The summed E-state index contributed by atoms with van der Waals surface area (Å²) in [6, 6.07) is 108. The first-order chi connectivity index (χ1) is 48.0. The standard InChI is InChI=1S/C89H51N7O/c97-88-69-47-57(36-42-80(69)93-78-40-34-54(52-19-3-1-4-20-52)45-66(78)62-38-39-63-67-46-55(53-21-5-2-6-22-53)35-41-79(67)95(88)85(63)84(62)93)65-51-68-61-24-8-12-30-77(61)94-82-32-14-11-27-71(82)89(96-81-31-13-9-25-64(81)83(65)87(96)86(68)94)70-26-10-7-23-59(70)60-37-33-56(48-72(60)89)58-49-75(73-28-15-17-43-90-73)92-76(50-58)74-29-16-18-44-91-74/h1-51H. The molecule has 20 aromatic rings. The molecule has 22 rings (SSSR count). The van der Waals surface area contributed by atoms with Crippen LogP contribution in [0.3, 0.4) is 0 Å². The summed E-state index contributed by atoms with van der Waals surface area (Å²) < 4.78 is 9.68. The molecule has 8 heteroatoms. The number of pyridine rings is 3. The van der Waals surface area contributed by atoms with Gasteiger partial charge in [0.25, 0.3) is 5.56 Å². The van der Waals surface area contributed by atoms with Crippen LogP contribution in [0.5, 0.6) is 0 Å². The monoisotopic (exact) mass is 1230 g/mol. The average molecular weight is 1230 g/mol. The van der Waals surface area contributed by atoms with Crippen molar-refractivity contribution in [3.8, 4) is 84.1 Å². The lowest BCUT2D eigenvalue weighted by Gasteiger charge is -2.37. The summed E-state index contributed by atoms with van der Waals surface area (Å²) >= 11 is 0. The molecular formula is C89H51N7O. The van der Waals surface area contributed by atoms with Gasteiger partial charge in [0, 0.05) is 61.0 Å². The van der Waals surface area contributed by atoms with Gasteiger partial charge in [-0.05, 0) is 170 Å². The number of fused-ring (bicyclic) bond motifs is 23. The summed E-state index contributed by atoms with van der Waals surface area (Å²) in [6.45, 7) is 0. The topological polar surface area (TPSA) is 74.4 Å². The highest BCUT2D eigenvalue weighted by Crippen LogP contribution is 2.61. The van der Waals surface area contributed by atoms with Crippen molar-refractivity contribution in [3.63, 3.8) is 0 Å². The predicted molar refractivity (Wildman–Crippen MR) is 396 cm³/mol. The summed E-state index contributed by atoms with van der Waals surface area (Å²) in [4.78, 5) is 31.5. The van der Waals surface area contributed by atoms with Gasteiger partial charge >= 0.3 is 0 Å². The fourth-order valence-electron chi connectivity index (χ4n) is 17.3. The molecule has 1 aliphatic carbocycles. The molecule has 0 radical (unpaired) electrons. The second-order valence-electron chi connectivity index (χ2n) is 26.1. The molecule has 9 heterocycles. The third kappa shape index (κ3) is 6.94. The Bertz CT molecular complexity index is 6830. The molecule has 12 aromatic carbocycles. The lowest BCUT2D eigenvalue weighted by Crippen LogP contribution is -2.36. The maximum absolute atomic E-state index is 16.6. The lowest BCUT2D eigenvalue weighted by molar-refractivity contribution is 0.566. The van der Waals surface area contributed by atoms with Crippen LogP contribution >= 0.6 is 0 Å². The minimum atomic E-state index is -0.940. The van der Waals surface area contributed by atoms with Gasteiger partial charge in [-0.3, -0.25) is 19.2 Å². The van der Waals surface area contributed by atoms with E-state index in [1.54, 1.807) is 0 Å². The molecule has 8 aromatic heterocycles. The zero-order chi connectivity index (χ0) is 63.4. The molecule has 1 spiro atoms. The van der Waals surface area contributed by atoms with Gasteiger partial charge in [-0.15, -0.1) is 0 Å². The Labute approximate surface area is 554 Å². The number of hydrogen-bond donors (Lipinski definition) is 0. The van der Waals surface area contributed by atoms with Crippen LogP contribution in [0.4, 0.5) is 0 Å². The molecule has 2 aliphatic rings. The molecule has 8 nitrogen and oxygen atoms in total. The van der Waals surface area contributed by atoms with Gasteiger partial charge in [-0.1, -0.05) is 194 Å². The van der Waals surface area contributed by atoms with E-state index < -0.39 is 5.54 Å². The summed E-state index contributed by atoms with van der Waals surface area (Å²) in [5.74, 6) is 0. The Kier molecular flexibility index (Phi) is 10.4. The minimum Gasteiger partial charge on any atom is -0.320 e. The Hall–Kier alpha value is -13.0. The molecule has 0 bridgehead atoms. The van der Waals surface area contributed by atoms with E-state index in [4.69, 9.17) is 15.0 Å². The van der Waals surface area contributed by atoms with E-state index >= 15 is 4.79 Å². The van der Waals surface area contributed by atoms with Crippen molar-refractivity contribution in [2.45, 2.75) is 5.54 Å². The molecule has 0 N–H and O–H groups in total. The highest BCUT2D eigenvalue weighted by molar-refractivity contribution is 6.29. The van der Waals surface area contributed by atoms with Crippen LogP contribution in [0.25, 0.3) is 182 Å². The van der Waals surface area contributed by atoms with Crippen LogP contribution in [-0.2, 0) is 5.54 Å². The van der Waals surface area contributed by atoms with E-state index in [-0.39, 0.29) is 5.56 Å². The number of benzene rings is 12. The Balaban J connectivity index is 0.867. The van der Waals surface area contributed by atoms with Crippen LogP contribution in [0.1, 0.15) is 16.7 Å². The first-order valence-corrected chi connectivity index (χ1v) is 33.1. The Morgan fingerprint density at radius 1 is 0.278 bits per heavy atom. The molecule has 448 valence electrons. The molecule has 0 saturated carbocycles. The molecule has 0 saturated heterocycles. The van der Waals surface area contributed by atoms with Crippen molar-refractivity contribution in [3.05, 3.63) is 337 Å². The zero-order valence-electron chi connectivity index (χ0n) is 52.0. The molecule has 1 atom stereocenters. The van der Waals surface area contributed by atoms with Crippen molar-refractivity contribution in [1.29, 1.82) is 0 Å². The van der Waals surface area contributed by atoms with Crippen molar-refractivity contribution in [1.82, 2.24) is 32.9 Å². The number of hydrogen-bond acceptors (Lipinski definition) is 4. The van der Waals surface area contributed by atoms with Crippen molar-refractivity contribution < 1.29 is 0 Å². The molecule has 0 amide bonds. The predicted octanol–water partition coefficient (Wildman–Crippen LogP) is 21.1. The van der Waals surface area contributed by atoms with Gasteiger partial charge in [0.05, 0.1) is 83.5 Å². The Morgan fingerprint density at radius 3 is 1.51 bits per heavy atom. The SMILES string of the molecule is O=c1c2cc(-c3cc4c5ccccc5n5c4c4c3c3ccccc3n4C3(c4ccccc4-c4ccc(-c6cc(-c7ccccn7)nc(-c7ccccn7)c6)cc43)c3ccccc3-5)ccc2n2c3ccc(-c4ccccc4)cc3c3ccc4c5cc(-c6ccccc6)ccc5n1c4c32. The summed E-state index contributed by atoms with van der Waals surface area (Å²) in [5.41, 5.74) is 26.8. The van der Waals surface area contributed by atoms with Crippen LogP contribution in [0, 0.1) is 0 Å². The zero-order valence-corrected chi connectivity index (χ0v) is 52.0. The van der Waals surface area contributed by atoms with Crippen LogP contribution in [0.15, 0.2) is 314 Å². The van der Waals surface area contributed by atoms with Gasteiger partial charge in [0.15, 0.2) is 0 Å². The normalized spacial score (nSPS) is 14.1. The second kappa shape index (κ2) is 19.3. The van der Waals surface area contributed by atoms with E-state index in [9.17, 15) is 0 Å². The molecule has 97 heavy (non-hydrogen) atoms. The molecule has 1 unspecified atom stereocenters. The maximum atomic E-state index is 16.6. The van der Waals surface area contributed by atoms with Crippen LogP contribution in [0.2, 0.25) is 0 Å². The fourth-order valence-corrected chi connectivity index (χ4v) is 17.3. The molecule has 1 aliphatic heterocycles. The number of para-hydroxylation sites is 3. The first-order valence-electron chi connectivity index (χ1n) is 33.1. The number of aromatic nitrogens is 7. The number of nitrogens with zero attached hydrogens (tertiary/aromatic N) is 7. The Morgan fingerprint density at radius 2 is 0.814 bits per heavy atom. The summed E-state index contributed by atoms with van der Waals surface area (Å²) in [6.07, 6.45) is 3.65. The third-order valence-electron chi connectivity index (χ3n) is 21.3. The van der Waals surface area contributed by atoms with Crippen LogP contribution in [-0.4, -0.2) is 32.9 Å². The van der Waals surface area contributed by atoms with E-state index in [0.717, 1.165) is 171 Å². The fraction of sp³-hybridized carbons (Fsp3) is 0.0112. The van der Waals surface area contributed by atoms with E-state index in [1.807, 2.05) is 53.2 Å².